The standard InChI is InChI=1S/C16H11ClFNO3/c17-11-2-3-12(18)13(8-11)19-6-5-14(20)10-1-4-15-16(7-10)22-9-21-15/h1-8,19H,9H2. The topological polar surface area (TPSA) is 47.6 Å². The summed E-state index contributed by atoms with van der Waals surface area (Å²) in [6.07, 6.45) is 2.67. The highest BCUT2D eigenvalue weighted by Crippen LogP contribution is 2.32. The molecule has 1 N–H and O–H groups in total. The van der Waals surface area contributed by atoms with Gasteiger partial charge in [0.2, 0.25) is 6.79 Å². The number of anilines is 1. The average Bonchev–Trinajstić information content (AvgIpc) is 2.98. The highest BCUT2D eigenvalue weighted by atomic mass is 35.5. The van der Waals surface area contributed by atoms with E-state index >= 15 is 0 Å². The highest BCUT2D eigenvalue weighted by molar-refractivity contribution is 6.30. The number of ketones is 1. The van der Waals surface area contributed by atoms with Crippen LogP contribution in [0.3, 0.4) is 0 Å². The van der Waals surface area contributed by atoms with E-state index in [4.69, 9.17) is 21.1 Å². The number of carbonyl (C=O) groups is 1. The third-order valence-electron chi connectivity index (χ3n) is 3.06. The summed E-state index contributed by atoms with van der Waals surface area (Å²) in [4.78, 5) is 12.0. The first-order chi connectivity index (χ1) is 10.6. The molecule has 2 aromatic carbocycles. The Morgan fingerprint density at radius 1 is 1.18 bits per heavy atom. The molecule has 0 unspecified atom stereocenters. The first-order valence-electron chi connectivity index (χ1n) is 6.45. The molecular formula is C16H11ClFNO3. The largest absolute Gasteiger partial charge is 0.454 e. The van der Waals surface area contributed by atoms with E-state index in [1.54, 1.807) is 18.2 Å². The van der Waals surface area contributed by atoms with E-state index in [2.05, 4.69) is 5.32 Å². The van der Waals surface area contributed by atoms with Crippen molar-refractivity contribution in [1.82, 2.24) is 0 Å². The van der Waals surface area contributed by atoms with Crippen molar-refractivity contribution in [3.05, 3.63) is 65.1 Å². The Morgan fingerprint density at radius 3 is 2.86 bits per heavy atom. The van der Waals surface area contributed by atoms with Crippen LogP contribution in [0, 0.1) is 5.82 Å². The first kappa shape index (κ1) is 14.4. The van der Waals surface area contributed by atoms with Crippen LogP contribution < -0.4 is 14.8 Å². The number of benzene rings is 2. The predicted octanol–water partition coefficient (Wildman–Crippen LogP) is 4.02. The summed E-state index contributed by atoms with van der Waals surface area (Å²) in [7, 11) is 0. The van der Waals surface area contributed by atoms with Crippen molar-refractivity contribution in [2.75, 3.05) is 12.1 Å². The number of hydrogen-bond acceptors (Lipinski definition) is 4. The number of hydrogen-bond donors (Lipinski definition) is 1. The number of ether oxygens (including phenoxy) is 2. The van der Waals surface area contributed by atoms with Crippen LogP contribution in [-0.4, -0.2) is 12.6 Å². The zero-order valence-electron chi connectivity index (χ0n) is 11.3. The first-order valence-corrected chi connectivity index (χ1v) is 6.83. The fourth-order valence-corrected chi connectivity index (χ4v) is 2.13. The molecule has 6 heteroatoms. The fourth-order valence-electron chi connectivity index (χ4n) is 1.96. The van der Waals surface area contributed by atoms with Gasteiger partial charge in [0.25, 0.3) is 0 Å². The van der Waals surface area contributed by atoms with E-state index in [9.17, 15) is 9.18 Å². The average molecular weight is 320 g/mol. The van der Waals surface area contributed by atoms with Gasteiger partial charge in [-0.25, -0.2) is 4.39 Å². The zero-order chi connectivity index (χ0) is 15.5. The van der Waals surface area contributed by atoms with Crippen molar-refractivity contribution in [3.63, 3.8) is 0 Å². The number of allylic oxidation sites excluding steroid dienone is 1. The molecule has 0 aliphatic carbocycles. The van der Waals surface area contributed by atoms with E-state index in [0.717, 1.165) is 0 Å². The molecular weight excluding hydrogens is 309 g/mol. The second kappa shape index (κ2) is 6.07. The number of rotatable bonds is 4. The van der Waals surface area contributed by atoms with Gasteiger partial charge in [0.05, 0.1) is 5.69 Å². The van der Waals surface area contributed by atoms with Crippen molar-refractivity contribution >= 4 is 23.1 Å². The molecule has 1 aliphatic heterocycles. The molecule has 1 aliphatic rings. The summed E-state index contributed by atoms with van der Waals surface area (Å²) in [6, 6.07) is 9.05. The quantitative estimate of drug-likeness (QED) is 0.683. The van der Waals surface area contributed by atoms with Gasteiger partial charge in [0.15, 0.2) is 17.3 Å². The van der Waals surface area contributed by atoms with Crippen LogP contribution in [0.5, 0.6) is 11.5 Å². The van der Waals surface area contributed by atoms with E-state index in [1.807, 2.05) is 0 Å². The monoisotopic (exact) mass is 319 g/mol. The van der Waals surface area contributed by atoms with E-state index in [-0.39, 0.29) is 18.3 Å². The van der Waals surface area contributed by atoms with E-state index < -0.39 is 5.82 Å². The summed E-state index contributed by atoms with van der Waals surface area (Å²) in [5.74, 6) is 0.450. The lowest BCUT2D eigenvalue weighted by molar-refractivity contribution is 0.104. The molecule has 0 radical (unpaired) electrons. The predicted molar refractivity (Wildman–Crippen MR) is 81.1 cm³/mol. The Labute approximate surface area is 131 Å². The second-order valence-corrected chi connectivity index (χ2v) is 4.97. The minimum atomic E-state index is -0.454. The maximum atomic E-state index is 13.5. The smallest absolute Gasteiger partial charge is 0.231 e. The van der Waals surface area contributed by atoms with Gasteiger partial charge in [-0.3, -0.25) is 4.79 Å². The molecule has 0 atom stereocenters. The summed E-state index contributed by atoms with van der Waals surface area (Å²) >= 11 is 5.78. The van der Waals surface area contributed by atoms with Gasteiger partial charge in [-0.05, 0) is 36.4 Å². The fraction of sp³-hybridized carbons (Fsp3) is 0.0625. The van der Waals surface area contributed by atoms with Crippen LogP contribution >= 0.6 is 11.6 Å². The van der Waals surface area contributed by atoms with Crippen LogP contribution in [-0.2, 0) is 0 Å². The maximum Gasteiger partial charge on any atom is 0.231 e. The highest BCUT2D eigenvalue weighted by Gasteiger charge is 2.15. The Morgan fingerprint density at radius 2 is 2.00 bits per heavy atom. The van der Waals surface area contributed by atoms with Crippen LogP contribution in [0.15, 0.2) is 48.7 Å². The van der Waals surface area contributed by atoms with Crippen molar-refractivity contribution in [1.29, 1.82) is 0 Å². The molecule has 0 fully saturated rings. The van der Waals surface area contributed by atoms with Crippen molar-refractivity contribution in [2.24, 2.45) is 0 Å². The molecule has 3 rings (SSSR count). The van der Waals surface area contributed by atoms with Crippen molar-refractivity contribution in [3.8, 4) is 11.5 Å². The van der Waals surface area contributed by atoms with Crippen molar-refractivity contribution in [2.45, 2.75) is 0 Å². The summed E-state index contributed by atoms with van der Waals surface area (Å²) in [5.41, 5.74) is 0.649. The van der Waals surface area contributed by atoms with Gasteiger partial charge >= 0.3 is 0 Å². The Balaban J connectivity index is 1.70. The molecule has 0 aromatic heterocycles. The summed E-state index contributed by atoms with van der Waals surface area (Å²) < 4.78 is 23.9. The van der Waals surface area contributed by atoms with Crippen LogP contribution in [0.2, 0.25) is 5.02 Å². The van der Waals surface area contributed by atoms with Gasteiger partial charge in [-0.1, -0.05) is 11.6 Å². The molecule has 0 saturated carbocycles. The molecule has 2 aromatic rings. The summed E-state index contributed by atoms with van der Waals surface area (Å²) in [6.45, 7) is 0.151. The lowest BCUT2D eigenvalue weighted by Gasteiger charge is -2.03. The third-order valence-corrected chi connectivity index (χ3v) is 3.29. The molecule has 22 heavy (non-hydrogen) atoms. The Hall–Kier alpha value is -2.53. The lowest BCUT2D eigenvalue weighted by Crippen LogP contribution is -1.97. The number of fused-ring (bicyclic) bond motifs is 1. The van der Waals surface area contributed by atoms with Gasteiger partial charge in [0, 0.05) is 22.9 Å². The van der Waals surface area contributed by atoms with E-state index in [0.29, 0.717) is 22.1 Å². The van der Waals surface area contributed by atoms with Gasteiger partial charge in [-0.2, -0.15) is 0 Å². The Kier molecular flexibility index (Phi) is 3.98. The number of halogens is 2. The zero-order valence-corrected chi connectivity index (χ0v) is 12.1. The molecule has 1 heterocycles. The molecule has 4 nitrogen and oxygen atoms in total. The number of nitrogens with one attached hydrogen (secondary N) is 1. The minimum Gasteiger partial charge on any atom is -0.454 e. The Bertz CT molecular complexity index is 761. The molecule has 0 bridgehead atoms. The molecule has 0 saturated heterocycles. The summed E-state index contributed by atoms with van der Waals surface area (Å²) in [5, 5.41) is 3.09. The van der Waals surface area contributed by atoms with Crippen molar-refractivity contribution < 1.29 is 18.7 Å². The molecule has 0 amide bonds. The minimum absolute atomic E-state index is 0.151. The molecule has 112 valence electrons. The lowest BCUT2D eigenvalue weighted by atomic mass is 10.1. The van der Waals surface area contributed by atoms with Crippen LogP contribution in [0.4, 0.5) is 10.1 Å². The van der Waals surface area contributed by atoms with Gasteiger partial charge in [-0.15, -0.1) is 0 Å². The third kappa shape index (κ3) is 3.04. The normalized spacial score (nSPS) is 12.6. The second-order valence-electron chi connectivity index (χ2n) is 4.53. The van der Waals surface area contributed by atoms with Gasteiger partial charge in [0.1, 0.15) is 5.82 Å². The molecule has 0 spiro atoms. The number of carbonyl (C=O) groups excluding carboxylic acids is 1. The SMILES string of the molecule is O=C(C=CNc1cc(Cl)ccc1F)c1ccc2c(c1)OCO2. The van der Waals surface area contributed by atoms with Crippen LogP contribution in [0.25, 0.3) is 0 Å². The van der Waals surface area contributed by atoms with Gasteiger partial charge < -0.3 is 14.8 Å². The maximum absolute atomic E-state index is 13.5. The van der Waals surface area contributed by atoms with E-state index in [1.165, 1.54) is 30.5 Å². The van der Waals surface area contributed by atoms with Crippen LogP contribution in [0.1, 0.15) is 10.4 Å².